The Morgan fingerprint density at radius 3 is 2.76 bits per heavy atom. The molecule has 1 aromatic rings. The number of rotatable bonds is 10. The van der Waals surface area contributed by atoms with Gasteiger partial charge in [-0.3, -0.25) is 4.90 Å². The van der Waals surface area contributed by atoms with Crippen LogP contribution in [-0.4, -0.2) is 24.0 Å². The summed E-state index contributed by atoms with van der Waals surface area (Å²) in [6.45, 7) is 13.0. The second-order valence-corrected chi connectivity index (χ2v) is 6.90. The molecule has 1 saturated carbocycles. The molecule has 0 saturated heterocycles. The van der Waals surface area contributed by atoms with E-state index in [0.29, 0.717) is 5.92 Å². The fourth-order valence-electron chi connectivity index (χ4n) is 2.71. The second-order valence-electron chi connectivity index (χ2n) is 6.90. The Balaban J connectivity index is 1.87. The highest BCUT2D eigenvalue weighted by atomic mass is 16.3. The number of hydrogen-bond donors (Lipinski definition) is 1. The summed E-state index contributed by atoms with van der Waals surface area (Å²) in [7, 11) is 0. The first-order valence-corrected chi connectivity index (χ1v) is 8.63. The van der Waals surface area contributed by atoms with E-state index in [1.165, 1.54) is 37.8 Å². The van der Waals surface area contributed by atoms with Crippen LogP contribution in [0.25, 0.3) is 0 Å². The largest absolute Gasteiger partial charge is 0.463 e. The monoisotopic (exact) mass is 292 g/mol. The summed E-state index contributed by atoms with van der Waals surface area (Å²) in [5, 5.41) is 3.47. The minimum atomic E-state index is 0.680. The molecule has 120 valence electrons. The van der Waals surface area contributed by atoms with Gasteiger partial charge >= 0.3 is 0 Å². The van der Waals surface area contributed by atoms with Gasteiger partial charge in [0.05, 0.1) is 13.1 Å². The molecule has 1 heterocycles. The van der Waals surface area contributed by atoms with E-state index in [0.717, 1.165) is 37.2 Å². The van der Waals surface area contributed by atoms with Crippen molar-refractivity contribution < 1.29 is 4.42 Å². The summed E-state index contributed by atoms with van der Waals surface area (Å²) in [6, 6.07) is 3.04. The van der Waals surface area contributed by atoms with Gasteiger partial charge in [-0.1, -0.05) is 27.2 Å². The molecule has 1 aliphatic rings. The Morgan fingerprint density at radius 2 is 2.14 bits per heavy atom. The summed E-state index contributed by atoms with van der Waals surface area (Å²) in [5.74, 6) is 2.92. The third-order valence-electron chi connectivity index (χ3n) is 4.13. The van der Waals surface area contributed by atoms with Crippen molar-refractivity contribution in [3.63, 3.8) is 0 Å². The van der Waals surface area contributed by atoms with Gasteiger partial charge in [0.1, 0.15) is 11.5 Å². The van der Waals surface area contributed by atoms with Crippen LogP contribution >= 0.6 is 0 Å². The van der Waals surface area contributed by atoms with Crippen molar-refractivity contribution in [2.75, 3.05) is 13.1 Å². The Labute approximate surface area is 130 Å². The standard InChI is InChI=1S/C18H32N2O/c1-5-6-9-20(16-7-8-16)13-17-10-15(4)18(21-17)12-19-11-14(2)3/h10,14,16,19H,5-9,11-13H2,1-4H3. The van der Waals surface area contributed by atoms with Gasteiger partial charge in [-0.2, -0.15) is 0 Å². The molecule has 0 bridgehead atoms. The smallest absolute Gasteiger partial charge is 0.120 e. The maximum atomic E-state index is 6.08. The van der Waals surface area contributed by atoms with Crippen molar-refractivity contribution in [3.8, 4) is 0 Å². The first-order valence-electron chi connectivity index (χ1n) is 8.63. The van der Waals surface area contributed by atoms with E-state index in [4.69, 9.17) is 4.42 Å². The molecular formula is C18H32N2O. The quantitative estimate of drug-likeness (QED) is 0.704. The number of furan rings is 1. The van der Waals surface area contributed by atoms with Gasteiger partial charge in [-0.15, -0.1) is 0 Å². The molecule has 1 aromatic heterocycles. The van der Waals surface area contributed by atoms with Crippen molar-refractivity contribution in [1.82, 2.24) is 10.2 Å². The summed E-state index contributed by atoms with van der Waals surface area (Å²) >= 11 is 0. The molecule has 0 radical (unpaired) electrons. The van der Waals surface area contributed by atoms with Gasteiger partial charge in [0, 0.05) is 6.04 Å². The molecule has 3 nitrogen and oxygen atoms in total. The first-order chi connectivity index (χ1) is 10.1. The Kier molecular flexibility index (Phi) is 6.31. The number of aryl methyl sites for hydroxylation is 1. The molecule has 1 aliphatic carbocycles. The topological polar surface area (TPSA) is 28.4 Å². The highest BCUT2D eigenvalue weighted by Crippen LogP contribution is 2.29. The zero-order valence-electron chi connectivity index (χ0n) is 14.2. The summed E-state index contributed by atoms with van der Waals surface area (Å²) in [6.07, 6.45) is 5.29. The highest BCUT2D eigenvalue weighted by Gasteiger charge is 2.29. The fraction of sp³-hybridized carbons (Fsp3) is 0.778. The van der Waals surface area contributed by atoms with Crippen molar-refractivity contribution in [2.24, 2.45) is 5.92 Å². The summed E-state index contributed by atoms with van der Waals surface area (Å²) in [4.78, 5) is 2.60. The average Bonchev–Trinajstić information content (AvgIpc) is 3.21. The normalized spacial score (nSPS) is 15.3. The van der Waals surface area contributed by atoms with Crippen LogP contribution in [0.3, 0.4) is 0 Å². The molecule has 2 rings (SSSR count). The Hall–Kier alpha value is -0.800. The lowest BCUT2D eigenvalue weighted by molar-refractivity contribution is 0.227. The van der Waals surface area contributed by atoms with Gasteiger partial charge in [0.2, 0.25) is 0 Å². The van der Waals surface area contributed by atoms with Crippen LogP contribution in [0.1, 0.15) is 63.5 Å². The van der Waals surface area contributed by atoms with E-state index in [9.17, 15) is 0 Å². The molecule has 1 N–H and O–H groups in total. The van der Waals surface area contributed by atoms with Gasteiger partial charge < -0.3 is 9.73 Å². The van der Waals surface area contributed by atoms with Gasteiger partial charge in [-0.25, -0.2) is 0 Å². The van der Waals surface area contributed by atoms with Crippen LogP contribution in [-0.2, 0) is 13.1 Å². The minimum absolute atomic E-state index is 0.680. The van der Waals surface area contributed by atoms with E-state index in [1.54, 1.807) is 0 Å². The van der Waals surface area contributed by atoms with E-state index in [-0.39, 0.29) is 0 Å². The van der Waals surface area contributed by atoms with Crippen molar-refractivity contribution in [1.29, 1.82) is 0 Å². The van der Waals surface area contributed by atoms with Crippen LogP contribution in [0.4, 0.5) is 0 Å². The molecule has 0 atom stereocenters. The number of hydrogen-bond acceptors (Lipinski definition) is 3. The first kappa shape index (κ1) is 16.6. The lowest BCUT2D eigenvalue weighted by atomic mass is 10.2. The summed E-state index contributed by atoms with van der Waals surface area (Å²) in [5.41, 5.74) is 1.28. The van der Waals surface area contributed by atoms with Crippen LogP contribution in [0.5, 0.6) is 0 Å². The van der Waals surface area contributed by atoms with E-state index < -0.39 is 0 Å². The SMILES string of the molecule is CCCCN(Cc1cc(C)c(CNCC(C)C)o1)C1CC1. The van der Waals surface area contributed by atoms with Gasteiger partial charge in [0.25, 0.3) is 0 Å². The van der Waals surface area contributed by atoms with E-state index in [1.807, 2.05) is 0 Å². The maximum absolute atomic E-state index is 6.08. The van der Waals surface area contributed by atoms with Crippen LogP contribution in [0, 0.1) is 12.8 Å². The second kappa shape index (κ2) is 8.00. The lowest BCUT2D eigenvalue weighted by Crippen LogP contribution is -2.26. The third kappa shape index (κ3) is 5.48. The van der Waals surface area contributed by atoms with Crippen molar-refractivity contribution in [2.45, 2.75) is 72.5 Å². The molecule has 0 aliphatic heterocycles. The summed E-state index contributed by atoms with van der Waals surface area (Å²) < 4.78 is 6.08. The molecule has 0 spiro atoms. The zero-order chi connectivity index (χ0) is 15.2. The maximum Gasteiger partial charge on any atom is 0.120 e. The number of nitrogens with one attached hydrogen (secondary N) is 1. The molecule has 21 heavy (non-hydrogen) atoms. The lowest BCUT2D eigenvalue weighted by Gasteiger charge is -2.20. The minimum Gasteiger partial charge on any atom is -0.463 e. The van der Waals surface area contributed by atoms with Gasteiger partial charge in [-0.05, 0) is 56.8 Å². The van der Waals surface area contributed by atoms with Gasteiger partial charge in [0.15, 0.2) is 0 Å². The molecule has 0 amide bonds. The average molecular weight is 292 g/mol. The van der Waals surface area contributed by atoms with E-state index >= 15 is 0 Å². The van der Waals surface area contributed by atoms with Crippen molar-refractivity contribution in [3.05, 3.63) is 23.2 Å². The predicted octanol–water partition coefficient (Wildman–Crippen LogP) is 4.10. The molecule has 0 aromatic carbocycles. The van der Waals surface area contributed by atoms with E-state index in [2.05, 4.69) is 44.0 Å². The van der Waals surface area contributed by atoms with Crippen molar-refractivity contribution >= 4 is 0 Å². The fourth-order valence-corrected chi connectivity index (χ4v) is 2.71. The van der Waals surface area contributed by atoms with Crippen LogP contribution in [0.15, 0.2) is 10.5 Å². The molecule has 1 fully saturated rings. The number of nitrogens with zero attached hydrogens (tertiary/aromatic N) is 1. The molecular weight excluding hydrogens is 260 g/mol. The van der Waals surface area contributed by atoms with Crippen LogP contribution < -0.4 is 5.32 Å². The molecule has 3 heteroatoms. The predicted molar refractivity (Wildman–Crippen MR) is 88.3 cm³/mol. The Morgan fingerprint density at radius 1 is 1.38 bits per heavy atom. The zero-order valence-corrected chi connectivity index (χ0v) is 14.2. The highest BCUT2D eigenvalue weighted by molar-refractivity contribution is 5.20. The third-order valence-corrected chi connectivity index (χ3v) is 4.13. The molecule has 0 unspecified atom stereocenters. The number of unbranched alkanes of at least 4 members (excludes halogenated alkanes) is 1. The van der Waals surface area contributed by atoms with Crippen LogP contribution in [0.2, 0.25) is 0 Å². The Bertz CT molecular complexity index is 421.